The fourth-order valence-electron chi connectivity index (χ4n) is 6.55. The summed E-state index contributed by atoms with van der Waals surface area (Å²) < 4.78 is 12.4. The molecular formula is C34H38ClIN2O5. The van der Waals surface area contributed by atoms with Gasteiger partial charge < -0.3 is 19.7 Å². The zero-order valence-electron chi connectivity index (χ0n) is 25.7. The second kappa shape index (κ2) is 11.6. The molecule has 0 spiro atoms. The van der Waals surface area contributed by atoms with Gasteiger partial charge in [0.25, 0.3) is 5.91 Å². The molecule has 9 heteroatoms. The van der Waals surface area contributed by atoms with Crippen LogP contribution in [0, 0.1) is 21.3 Å². The zero-order valence-corrected chi connectivity index (χ0v) is 28.7. The number of benzene rings is 2. The van der Waals surface area contributed by atoms with Crippen LogP contribution in [0.3, 0.4) is 0 Å². The van der Waals surface area contributed by atoms with Crippen LogP contribution in [-0.4, -0.2) is 43.1 Å². The van der Waals surface area contributed by atoms with Crippen molar-refractivity contribution in [1.82, 2.24) is 4.90 Å². The van der Waals surface area contributed by atoms with Crippen molar-refractivity contribution in [2.45, 2.75) is 66.2 Å². The number of hydrogen-bond acceptors (Lipinski definition) is 6. The molecule has 0 saturated heterocycles. The number of hydrogen-bond donors (Lipinski definition) is 1. The largest absolute Gasteiger partial charge is 0.493 e. The number of nitrogens with zero attached hydrogens (tertiary/aromatic N) is 1. The van der Waals surface area contributed by atoms with Crippen molar-refractivity contribution in [3.05, 3.63) is 72.6 Å². The van der Waals surface area contributed by atoms with Gasteiger partial charge in [0.2, 0.25) is 0 Å². The summed E-state index contributed by atoms with van der Waals surface area (Å²) in [6.07, 6.45) is 2.36. The lowest BCUT2D eigenvalue weighted by Crippen LogP contribution is -2.43. The lowest BCUT2D eigenvalue weighted by atomic mass is 9.64. The van der Waals surface area contributed by atoms with Gasteiger partial charge >= 0.3 is 0 Å². The van der Waals surface area contributed by atoms with Crippen molar-refractivity contribution in [2.24, 2.45) is 10.8 Å². The van der Waals surface area contributed by atoms with Crippen molar-refractivity contribution in [2.75, 3.05) is 26.1 Å². The molecule has 1 aliphatic heterocycles. The Balaban J connectivity index is 1.52. The van der Waals surface area contributed by atoms with E-state index in [2.05, 4.69) is 60.5 Å². The summed E-state index contributed by atoms with van der Waals surface area (Å²) in [5, 5.41) is 3.37. The van der Waals surface area contributed by atoms with Crippen LogP contribution in [0.5, 0.6) is 11.5 Å². The number of Topliss-reactive ketones (excluding diaryl/α,β-unsaturated/α-hetero) is 2. The Hall–Kier alpha value is -2.85. The minimum atomic E-state index is -0.487. The van der Waals surface area contributed by atoms with E-state index in [0.717, 1.165) is 35.4 Å². The highest BCUT2D eigenvalue weighted by Gasteiger charge is 2.48. The molecule has 0 aromatic heterocycles. The molecule has 2 aromatic rings. The number of amides is 1. The number of carbonyl (C=O) groups is 3. The van der Waals surface area contributed by atoms with E-state index < -0.39 is 5.92 Å². The molecular weight excluding hydrogens is 679 g/mol. The van der Waals surface area contributed by atoms with Gasteiger partial charge in [-0.3, -0.25) is 14.4 Å². The molecule has 1 N–H and O–H groups in total. The Morgan fingerprint density at radius 3 is 2.12 bits per heavy atom. The van der Waals surface area contributed by atoms with E-state index in [0.29, 0.717) is 49.8 Å². The Morgan fingerprint density at radius 2 is 1.58 bits per heavy atom. The van der Waals surface area contributed by atoms with Crippen LogP contribution in [0.25, 0.3) is 0 Å². The predicted molar refractivity (Wildman–Crippen MR) is 177 cm³/mol. The van der Waals surface area contributed by atoms with Crippen molar-refractivity contribution in [3.8, 4) is 11.5 Å². The van der Waals surface area contributed by atoms with E-state index in [1.54, 1.807) is 19.2 Å². The first-order valence-electron chi connectivity index (χ1n) is 14.4. The van der Waals surface area contributed by atoms with Gasteiger partial charge in [0.05, 0.1) is 10.7 Å². The van der Waals surface area contributed by atoms with E-state index in [9.17, 15) is 14.4 Å². The fourth-order valence-corrected chi connectivity index (χ4v) is 7.51. The summed E-state index contributed by atoms with van der Waals surface area (Å²) in [6, 6.07) is 9.11. The van der Waals surface area contributed by atoms with Crippen LogP contribution in [0.15, 0.2) is 52.9 Å². The second-order valence-corrected chi connectivity index (χ2v) is 15.0. The number of carbonyl (C=O) groups excluding carboxylic acids is 3. The number of aryl methyl sites for hydroxylation is 1. The molecule has 0 saturated carbocycles. The molecule has 2 aliphatic carbocycles. The third-order valence-corrected chi connectivity index (χ3v) is 9.78. The van der Waals surface area contributed by atoms with Gasteiger partial charge in [0.15, 0.2) is 29.7 Å². The van der Waals surface area contributed by atoms with Gasteiger partial charge in [-0.05, 0) is 88.6 Å². The van der Waals surface area contributed by atoms with Crippen LogP contribution in [0.2, 0.25) is 5.02 Å². The fraction of sp³-hybridized carbons (Fsp3) is 0.441. The van der Waals surface area contributed by atoms with Crippen molar-refractivity contribution < 1.29 is 23.9 Å². The van der Waals surface area contributed by atoms with Gasteiger partial charge in [-0.25, -0.2) is 0 Å². The summed E-state index contributed by atoms with van der Waals surface area (Å²) >= 11 is 8.36. The van der Waals surface area contributed by atoms with Gasteiger partial charge in [-0.15, -0.1) is 0 Å². The number of methoxy groups -OCH3 is 1. The molecule has 0 radical (unpaired) electrons. The van der Waals surface area contributed by atoms with Gasteiger partial charge in [-0.1, -0.05) is 45.4 Å². The Labute approximate surface area is 272 Å². The Bertz CT molecular complexity index is 1550. The van der Waals surface area contributed by atoms with Crippen LogP contribution in [0.1, 0.15) is 70.4 Å². The van der Waals surface area contributed by atoms with Crippen LogP contribution < -0.4 is 14.8 Å². The number of ketones is 2. The average Bonchev–Trinajstić information content (AvgIpc) is 2.89. The number of rotatable bonds is 6. The SMILES string of the molecule is COc1cc(C2C3=C(CC(C)(C)CC3=O)N(C)C3=C2C(=O)CC(C)(C)C3)cc(I)c1OCC(=O)Nc1ccc(C)c(Cl)c1. The predicted octanol–water partition coefficient (Wildman–Crippen LogP) is 7.59. The quantitative estimate of drug-likeness (QED) is 0.310. The molecule has 3 aliphatic rings. The Morgan fingerprint density at radius 1 is 1.00 bits per heavy atom. The highest BCUT2D eigenvalue weighted by molar-refractivity contribution is 14.1. The van der Waals surface area contributed by atoms with Crippen molar-refractivity contribution >= 4 is 57.4 Å². The first kappa shape index (κ1) is 31.6. The number of anilines is 1. The minimum absolute atomic E-state index is 0.0782. The third kappa shape index (κ3) is 6.23. The average molecular weight is 717 g/mol. The molecule has 1 heterocycles. The maximum absolute atomic E-state index is 13.8. The summed E-state index contributed by atoms with van der Waals surface area (Å²) in [4.78, 5) is 42.5. The van der Waals surface area contributed by atoms with Gasteiger partial charge in [0, 0.05) is 59.1 Å². The number of ether oxygens (including phenoxy) is 2. The lowest BCUT2D eigenvalue weighted by Gasteiger charge is -2.48. The van der Waals surface area contributed by atoms with Crippen LogP contribution in [0.4, 0.5) is 5.69 Å². The molecule has 5 rings (SSSR count). The van der Waals surface area contributed by atoms with E-state index >= 15 is 0 Å². The van der Waals surface area contributed by atoms with E-state index in [-0.39, 0.29) is 34.9 Å². The molecule has 0 unspecified atom stereocenters. The highest BCUT2D eigenvalue weighted by Crippen LogP contribution is 2.54. The zero-order chi connectivity index (χ0) is 31.4. The normalized spacial score (nSPS) is 19.7. The second-order valence-electron chi connectivity index (χ2n) is 13.4. The number of allylic oxidation sites excluding steroid dienone is 4. The van der Waals surface area contributed by atoms with Crippen LogP contribution >= 0.6 is 34.2 Å². The third-order valence-electron chi connectivity index (χ3n) is 8.57. The van der Waals surface area contributed by atoms with Crippen molar-refractivity contribution in [3.63, 3.8) is 0 Å². The highest BCUT2D eigenvalue weighted by atomic mass is 127. The smallest absolute Gasteiger partial charge is 0.262 e. The van der Waals surface area contributed by atoms with Crippen molar-refractivity contribution in [1.29, 1.82) is 0 Å². The molecule has 228 valence electrons. The summed E-state index contributed by atoms with van der Waals surface area (Å²) in [6.45, 7) is 10.2. The monoisotopic (exact) mass is 716 g/mol. The molecule has 2 aromatic carbocycles. The standard InChI is InChI=1S/C34H38ClIN2O5/c1-18-8-9-20(12-21(18)35)37-28(41)17-43-32-22(36)10-19(11-27(32)42-7)29-30-23(13-33(2,3)15-25(30)39)38(6)24-14-34(4,5)16-26(40)31(24)29/h8-12,29H,13-17H2,1-7H3,(H,37,41). The van der Waals surface area contributed by atoms with E-state index in [4.69, 9.17) is 21.1 Å². The summed E-state index contributed by atoms with van der Waals surface area (Å²) in [5.41, 5.74) is 5.37. The van der Waals surface area contributed by atoms with E-state index in [1.807, 2.05) is 32.2 Å². The summed E-state index contributed by atoms with van der Waals surface area (Å²) in [5.74, 6) is 0.187. The Kier molecular flexibility index (Phi) is 8.50. The minimum Gasteiger partial charge on any atom is -0.493 e. The van der Waals surface area contributed by atoms with Gasteiger partial charge in [-0.2, -0.15) is 0 Å². The molecule has 0 fully saturated rings. The lowest BCUT2D eigenvalue weighted by molar-refractivity contribution is -0.120. The number of halogens is 2. The first-order chi connectivity index (χ1) is 20.1. The molecule has 7 nitrogen and oxygen atoms in total. The van der Waals surface area contributed by atoms with E-state index in [1.165, 1.54) is 0 Å². The first-order valence-corrected chi connectivity index (χ1v) is 15.9. The maximum atomic E-state index is 13.8. The molecule has 1 amide bonds. The molecule has 0 atom stereocenters. The molecule has 0 bridgehead atoms. The topological polar surface area (TPSA) is 84.9 Å². The number of nitrogens with one attached hydrogen (secondary N) is 1. The summed E-state index contributed by atoms with van der Waals surface area (Å²) in [7, 11) is 3.55. The van der Waals surface area contributed by atoms with Crippen LogP contribution in [-0.2, 0) is 14.4 Å². The van der Waals surface area contributed by atoms with Gasteiger partial charge in [0.1, 0.15) is 0 Å². The molecule has 43 heavy (non-hydrogen) atoms. The maximum Gasteiger partial charge on any atom is 0.262 e.